The Kier molecular flexibility index (Phi) is 5.33. The van der Waals surface area contributed by atoms with E-state index < -0.39 is 18.0 Å². The molecule has 0 aliphatic carbocycles. The third-order valence-electron chi connectivity index (χ3n) is 3.55. The molecule has 114 valence electrons. The minimum absolute atomic E-state index is 0.249. The molecule has 0 amide bonds. The van der Waals surface area contributed by atoms with Gasteiger partial charge in [-0.15, -0.1) is 0 Å². The van der Waals surface area contributed by atoms with E-state index in [1.807, 2.05) is 23.1 Å². The number of benzene rings is 1. The summed E-state index contributed by atoms with van der Waals surface area (Å²) < 4.78 is 10.1. The van der Waals surface area contributed by atoms with Crippen LogP contribution in [0.3, 0.4) is 0 Å². The highest BCUT2D eigenvalue weighted by atomic mass is 16.6. The van der Waals surface area contributed by atoms with E-state index in [0.29, 0.717) is 13.1 Å². The van der Waals surface area contributed by atoms with Crippen LogP contribution in [0.4, 0.5) is 0 Å². The van der Waals surface area contributed by atoms with Gasteiger partial charge in [0.2, 0.25) is 6.04 Å². The van der Waals surface area contributed by atoms with Gasteiger partial charge < -0.3 is 9.47 Å². The van der Waals surface area contributed by atoms with Gasteiger partial charge in [-0.25, -0.2) is 9.59 Å². The lowest BCUT2D eigenvalue weighted by atomic mass is 9.98. The molecule has 0 N–H and O–H groups in total. The van der Waals surface area contributed by atoms with E-state index >= 15 is 0 Å². The van der Waals surface area contributed by atoms with Crippen molar-refractivity contribution in [2.75, 3.05) is 19.8 Å². The summed E-state index contributed by atoms with van der Waals surface area (Å²) >= 11 is 0. The summed E-state index contributed by atoms with van der Waals surface area (Å²) in [4.78, 5) is 26.0. The van der Waals surface area contributed by atoms with Crippen molar-refractivity contribution < 1.29 is 19.1 Å². The second-order valence-electron chi connectivity index (χ2n) is 4.90. The quantitative estimate of drug-likeness (QED) is 0.608. The Hall–Kier alpha value is -1.88. The molecule has 0 radical (unpaired) electrons. The molecule has 1 heterocycles. The molecule has 2 rings (SSSR count). The van der Waals surface area contributed by atoms with Gasteiger partial charge in [0.25, 0.3) is 0 Å². The van der Waals surface area contributed by atoms with Crippen molar-refractivity contribution in [1.82, 2.24) is 4.90 Å². The summed E-state index contributed by atoms with van der Waals surface area (Å²) in [6, 6.07) is 7.10. The van der Waals surface area contributed by atoms with E-state index in [2.05, 4.69) is 6.07 Å². The number of esters is 2. The fourth-order valence-corrected chi connectivity index (χ4v) is 2.57. The van der Waals surface area contributed by atoms with Crippen molar-refractivity contribution in [2.24, 2.45) is 0 Å². The van der Waals surface area contributed by atoms with Crippen molar-refractivity contribution in [2.45, 2.75) is 32.9 Å². The van der Waals surface area contributed by atoms with Crippen LogP contribution in [0.2, 0.25) is 0 Å². The number of hydrogen-bond donors (Lipinski definition) is 0. The van der Waals surface area contributed by atoms with Crippen LogP contribution in [0.25, 0.3) is 0 Å². The zero-order valence-corrected chi connectivity index (χ0v) is 12.5. The Morgan fingerprint density at radius 1 is 1.10 bits per heavy atom. The van der Waals surface area contributed by atoms with E-state index in [4.69, 9.17) is 9.47 Å². The SMILES string of the molecule is CCOC(=O)C(C(=O)OCC)N1CCc2ccccc2C1. The summed E-state index contributed by atoms with van der Waals surface area (Å²) in [6.07, 6.45) is 0.811. The zero-order valence-electron chi connectivity index (χ0n) is 12.5. The third-order valence-corrected chi connectivity index (χ3v) is 3.55. The van der Waals surface area contributed by atoms with Crippen LogP contribution < -0.4 is 0 Å². The van der Waals surface area contributed by atoms with Gasteiger partial charge in [-0.05, 0) is 31.4 Å². The highest BCUT2D eigenvalue weighted by Gasteiger charge is 2.37. The fourth-order valence-electron chi connectivity index (χ4n) is 2.57. The summed E-state index contributed by atoms with van der Waals surface area (Å²) in [5.41, 5.74) is 2.41. The summed E-state index contributed by atoms with van der Waals surface area (Å²) in [5, 5.41) is 0. The van der Waals surface area contributed by atoms with E-state index in [0.717, 1.165) is 12.0 Å². The van der Waals surface area contributed by atoms with Crippen molar-refractivity contribution in [3.05, 3.63) is 35.4 Å². The van der Waals surface area contributed by atoms with Gasteiger partial charge in [-0.1, -0.05) is 24.3 Å². The molecule has 0 unspecified atom stereocenters. The van der Waals surface area contributed by atoms with Crippen LogP contribution in [0.5, 0.6) is 0 Å². The van der Waals surface area contributed by atoms with Gasteiger partial charge in [-0.3, -0.25) is 4.90 Å². The number of rotatable bonds is 5. The monoisotopic (exact) mass is 291 g/mol. The van der Waals surface area contributed by atoms with E-state index in [1.54, 1.807) is 13.8 Å². The summed E-state index contributed by atoms with van der Waals surface area (Å²) in [5.74, 6) is -1.06. The first-order valence-corrected chi connectivity index (χ1v) is 7.31. The molecule has 5 nitrogen and oxygen atoms in total. The van der Waals surface area contributed by atoms with Crippen molar-refractivity contribution in [3.8, 4) is 0 Å². The van der Waals surface area contributed by atoms with Crippen LogP contribution >= 0.6 is 0 Å². The maximum absolute atomic E-state index is 12.1. The molecular weight excluding hydrogens is 270 g/mol. The largest absolute Gasteiger partial charge is 0.464 e. The maximum atomic E-state index is 12.1. The lowest BCUT2D eigenvalue weighted by Gasteiger charge is -2.32. The minimum atomic E-state index is -0.974. The fraction of sp³-hybridized carbons (Fsp3) is 0.500. The van der Waals surface area contributed by atoms with E-state index in [-0.39, 0.29) is 13.2 Å². The van der Waals surface area contributed by atoms with Crippen LogP contribution in [0.1, 0.15) is 25.0 Å². The molecule has 0 aromatic heterocycles. The van der Waals surface area contributed by atoms with Crippen LogP contribution in [0, 0.1) is 0 Å². The Labute approximate surface area is 124 Å². The third kappa shape index (κ3) is 3.61. The molecule has 21 heavy (non-hydrogen) atoms. The van der Waals surface area contributed by atoms with Crippen molar-refractivity contribution in [3.63, 3.8) is 0 Å². The van der Waals surface area contributed by atoms with Crippen LogP contribution in [-0.4, -0.2) is 42.6 Å². The maximum Gasteiger partial charge on any atom is 0.335 e. The number of carbonyl (C=O) groups excluding carboxylic acids is 2. The second-order valence-corrected chi connectivity index (χ2v) is 4.90. The van der Waals surface area contributed by atoms with Gasteiger partial charge in [0.05, 0.1) is 13.2 Å². The molecule has 1 aliphatic heterocycles. The molecule has 0 saturated carbocycles. The van der Waals surface area contributed by atoms with Gasteiger partial charge in [0, 0.05) is 13.1 Å². The van der Waals surface area contributed by atoms with Crippen molar-refractivity contribution in [1.29, 1.82) is 0 Å². The lowest BCUT2D eigenvalue weighted by Crippen LogP contribution is -2.50. The Morgan fingerprint density at radius 2 is 1.67 bits per heavy atom. The molecule has 1 aromatic carbocycles. The predicted molar refractivity (Wildman–Crippen MR) is 77.6 cm³/mol. The summed E-state index contributed by atoms with van der Waals surface area (Å²) in [6.45, 7) is 5.15. The Morgan fingerprint density at radius 3 is 2.24 bits per heavy atom. The molecule has 0 fully saturated rings. The average molecular weight is 291 g/mol. The molecular formula is C16H21NO4. The number of nitrogens with zero attached hydrogens (tertiary/aromatic N) is 1. The smallest absolute Gasteiger partial charge is 0.335 e. The highest BCUT2D eigenvalue weighted by Crippen LogP contribution is 2.21. The number of ether oxygens (including phenoxy) is 2. The van der Waals surface area contributed by atoms with Gasteiger partial charge >= 0.3 is 11.9 Å². The number of fused-ring (bicyclic) bond motifs is 1. The second kappa shape index (κ2) is 7.22. The van der Waals surface area contributed by atoms with Crippen molar-refractivity contribution >= 4 is 11.9 Å². The highest BCUT2D eigenvalue weighted by molar-refractivity contribution is 5.99. The van der Waals surface area contributed by atoms with E-state index in [1.165, 1.54) is 5.56 Å². The normalized spacial score (nSPS) is 14.6. The molecule has 5 heteroatoms. The minimum Gasteiger partial charge on any atom is -0.464 e. The average Bonchev–Trinajstić information content (AvgIpc) is 2.48. The standard InChI is InChI=1S/C16H21NO4/c1-3-20-15(18)14(16(19)21-4-2)17-10-9-12-7-5-6-8-13(12)11-17/h5-8,14H,3-4,9-11H2,1-2H3. The molecule has 0 saturated heterocycles. The Bertz CT molecular complexity index is 497. The molecule has 1 aliphatic rings. The molecule has 1 aromatic rings. The van der Waals surface area contributed by atoms with Crippen LogP contribution in [0.15, 0.2) is 24.3 Å². The topological polar surface area (TPSA) is 55.8 Å². The summed E-state index contributed by atoms with van der Waals surface area (Å²) in [7, 11) is 0. The molecule has 0 bridgehead atoms. The van der Waals surface area contributed by atoms with Crippen LogP contribution in [-0.2, 0) is 32.0 Å². The first kappa shape index (κ1) is 15.5. The molecule has 0 spiro atoms. The number of carbonyl (C=O) groups is 2. The van der Waals surface area contributed by atoms with Gasteiger partial charge in [-0.2, -0.15) is 0 Å². The van der Waals surface area contributed by atoms with Gasteiger partial charge in [0.15, 0.2) is 0 Å². The first-order chi connectivity index (χ1) is 10.2. The van der Waals surface area contributed by atoms with Gasteiger partial charge in [0.1, 0.15) is 0 Å². The Balaban J connectivity index is 2.18. The number of hydrogen-bond acceptors (Lipinski definition) is 5. The first-order valence-electron chi connectivity index (χ1n) is 7.31. The molecule has 0 atom stereocenters. The predicted octanol–water partition coefficient (Wildman–Crippen LogP) is 1.54. The zero-order chi connectivity index (χ0) is 15.2. The van der Waals surface area contributed by atoms with E-state index in [9.17, 15) is 9.59 Å². The lowest BCUT2D eigenvalue weighted by molar-refractivity contribution is -0.164.